The fourth-order valence-corrected chi connectivity index (χ4v) is 4.70. The topological polar surface area (TPSA) is 75.7 Å². The molecule has 1 aliphatic carbocycles. The first-order valence-corrected chi connectivity index (χ1v) is 12.4. The summed E-state index contributed by atoms with van der Waals surface area (Å²) in [6.07, 6.45) is 6.46. The van der Waals surface area contributed by atoms with Gasteiger partial charge in [0.1, 0.15) is 11.6 Å². The van der Waals surface area contributed by atoms with Crippen LogP contribution in [0, 0.1) is 5.82 Å². The number of nitrogens with one attached hydrogen (secondary N) is 1. The van der Waals surface area contributed by atoms with Gasteiger partial charge in [0, 0.05) is 17.2 Å². The summed E-state index contributed by atoms with van der Waals surface area (Å²) in [5, 5.41) is 3.08. The molecule has 0 aliphatic heterocycles. The van der Waals surface area contributed by atoms with Crippen LogP contribution in [-0.2, 0) is 16.6 Å². The molecular formula is C23H29FN2O4S. The highest BCUT2D eigenvalue weighted by atomic mass is 32.2. The van der Waals surface area contributed by atoms with Gasteiger partial charge in [-0.2, -0.15) is 0 Å². The van der Waals surface area contributed by atoms with E-state index in [1.54, 1.807) is 18.2 Å². The number of sulfonamides is 1. The van der Waals surface area contributed by atoms with Crippen LogP contribution in [0.4, 0.5) is 10.1 Å². The maximum absolute atomic E-state index is 13.3. The van der Waals surface area contributed by atoms with Crippen LogP contribution < -0.4 is 14.4 Å². The molecule has 0 heterocycles. The Morgan fingerprint density at radius 2 is 1.81 bits per heavy atom. The van der Waals surface area contributed by atoms with Crippen LogP contribution in [-0.4, -0.2) is 33.2 Å². The zero-order valence-corrected chi connectivity index (χ0v) is 18.8. The highest BCUT2D eigenvalue weighted by Gasteiger charge is 2.22. The van der Waals surface area contributed by atoms with Crippen LogP contribution in [0.25, 0.3) is 0 Å². The van der Waals surface area contributed by atoms with Crippen molar-refractivity contribution in [3.63, 3.8) is 0 Å². The Balaban J connectivity index is 1.90. The van der Waals surface area contributed by atoms with Crippen LogP contribution >= 0.6 is 0 Å². The van der Waals surface area contributed by atoms with Crippen molar-refractivity contribution in [1.82, 2.24) is 5.32 Å². The number of hydrogen-bond donors (Lipinski definition) is 1. The molecule has 31 heavy (non-hydrogen) atoms. The normalized spacial score (nSPS) is 14.8. The summed E-state index contributed by atoms with van der Waals surface area (Å²) >= 11 is 0. The van der Waals surface area contributed by atoms with E-state index in [0.29, 0.717) is 29.2 Å². The van der Waals surface area contributed by atoms with Crippen molar-refractivity contribution in [2.24, 2.45) is 0 Å². The summed E-state index contributed by atoms with van der Waals surface area (Å²) in [5.74, 6) is -0.120. The third kappa shape index (κ3) is 6.19. The molecule has 0 spiro atoms. The lowest BCUT2D eigenvalue weighted by atomic mass is 9.95. The minimum Gasteiger partial charge on any atom is -0.494 e. The number of halogens is 1. The Labute approximate surface area is 183 Å². The molecule has 2 aromatic rings. The second-order valence-corrected chi connectivity index (χ2v) is 9.72. The van der Waals surface area contributed by atoms with E-state index in [4.69, 9.17) is 4.74 Å². The molecule has 1 aliphatic rings. The molecule has 0 unspecified atom stereocenters. The van der Waals surface area contributed by atoms with Crippen molar-refractivity contribution < 1.29 is 22.3 Å². The number of ether oxygens (including phenoxy) is 1. The molecule has 0 saturated heterocycles. The van der Waals surface area contributed by atoms with Gasteiger partial charge in [0.05, 0.1) is 25.1 Å². The van der Waals surface area contributed by atoms with E-state index < -0.39 is 15.8 Å². The molecule has 1 fully saturated rings. The zero-order valence-electron chi connectivity index (χ0n) is 17.9. The Bertz CT molecular complexity index is 1000. The minimum atomic E-state index is -3.66. The number of benzene rings is 2. The smallest absolute Gasteiger partial charge is 0.251 e. The first-order chi connectivity index (χ1) is 14.8. The maximum atomic E-state index is 13.3. The third-order valence-electron chi connectivity index (χ3n) is 5.39. The second-order valence-electron chi connectivity index (χ2n) is 7.81. The van der Waals surface area contributed by atoms with Crippen LogP contribution in [0.1, 0.15) is 54.9 Å². The second kappa shape index (κ2) is 10.1. The highest BCUT2D eigenvalue weighted by Crippen LogP contribution is 2.27. The Hall–Kier alpha value is -2.61. The number of rotatable bonds is 8. The molecule has 0 atom stereocenters. The van der Waals surface area contributed by atoms with Gasteiger partial charge in [-0.15, -0.1) is 0 Å². The third-order valence-corrected chi connectivity index (χ3v) is 6.53. The van der Waals surface area contributed by atoms with Gasteiger partial charge in [-0.25, -0.2) is 12.8 Å². The number of hydrogen-bond acceptors (Lipinski definition) is 4. The van der Waals surface area contributed by atoms with Gasteiger partial charge in [-0.1, -0.05) is 19.3 Å². The minimum absolute atomic E-state index is 0.0374. The zero-order chi connectivity index (χ0) is 22.4. The van der Waals surface area contributed by atoms with Crippen molar-refractivity contribution in [2.75, 3.05) is 17.2 Å². The van der Waals surface area contributed by atoms with Gasteiger partial charge >= 0.3 is 0 Å². The van der Waals surface area contributed by atoms with E-state index in [0.717, 1.165) is 31.9 Å². The van der Waals surface area contributed by atoms with Gasteiger partial charge in [-0.3, -0.25) is 9.10 Å². The number of anilines is 1. The fourth-order valence-electron chi connectivity index (χ4n) is 3.82. The molecule has 8 heteroatoms. The van der Waals surface area contributed by atoms with E-state index in [1.807, 2.05) is 6.92 Å². The largest absolute Gasteiger partial charge is 0.494 e. The van der Waals surface area contributed by atoms with Crippen LogP contribution in [0.5, 0.6) is 5.75 Å². The summed E-state index contributed by atoms with van der Waals surface area (Å²) < 4.78 is 45.2. The number of nitrogens with zero attached hydrogens (tertiary/aromatic N) is 1. The SMILES string of the molecule is CCOc1ccc(C(=O)NC2CCCCC2)cc1CN(c1ccc(F)cc1)S(C)(=O)=O. The summed E-state index contributed by atoms with van der Waals surface area (Å²) in [4.78, 5) is 12.8. The molecule has 6 nitrogen and oxygen atoms in total. The molecular weight excluding hydrogens is 419 g/mol. The van der Waals surface area contributed by atoms with Gasteiger partial charge in [-0.05, 0) is 62.2 Å². The van der Waals surface area contributed by atoms with Gasteiger partial charge in [0.25, 0.3) is 5.91 Å². The molecule has 1 amide bonds. The van der Waals surface area contributed by atoms with E-state index in [1.165, 1.54) is 35.0 Å². The van der Waals surface area contributed by atoms with Crippen LogP contribution in [0.2, 0.25) is 0 Å². The van der Waals surface area contributed by atoms with Gasteiger partial charge in [0.2, 0.25) is 10.0 Å². The fraction of sp³-hybridized carbons (Fsp3) is 0.435. The van der Waals surface area contributed by atoms with E-state index in [2.05, 4.69) is 5.32 Å². The summed E-state index contributed by atoms with van der Waals surface area (Å²) in [5.41, 5.74) is 1.35. The predicted molar refractivity (Wildman–Crippen MR) is 119 cm³/mol. The Morgan fingerprint density at radius 3 is 2.42 bits per heavy atom. The molecule has 3 rings (SSSR count). The molecule has 0 bridgehead atoms. The first-order valence-electron chi connectivity index (χ1n) is 10.6. The maximum Gasteiger partial charge on any atom is 0.251 e. The standard InChI is InChI=1S/C23H29FN2O4S/c1-3-30-22-14-9-17(23(27)25-20-7-5-4-6-8-20)15-18(22)16-26(31(2,28)29)21-12-10-19(24)11-13-21/h9-15,20H,3-8,16H2,1-2H3,(H,25,27). The van der Waals surface area contributed by atoms with Gasteiger partial charge < -0.3 is 10.1 Å². The predicted octanol–water partition coefficient (Wildman–Crippen LogP) is 4.25. The van der Waals surface area contributed by atoms with Crippen LogP contribution in [0.3, 0.4) is 0 Å². The van der Waals surface area contributed by atoms with Crippen molar-refractivity contribution in [2.45, 2.75) is 51.6 Å². The first kappa shape index (κ1) is 23.1. The molecule has 168 valence electrons. The highest BCUT2D eigenvalue weighted by molar-refractivity contribution is 7.92. The summed E-state index contributed by atoms with van der Waals surface area (Å²) in [6, 6.07) is 10.5. The van der Waals surface area contributed by atoms with E-state index >= 15 is 0 Å². The lowest BCUT2D eigenvalue weighted by molar-refractivity contribution is 0.0927. The quantitative estimate of drug-likeness (QED) is 0.655. The number of carbonyl (C=O) groups is 1. The van der Waals surface area contributed by atoms with Crippen molar-refractivity contribution in [3.05, 3.63) is 59.4 Å². The van der Waals surface area contributed by atoms with E-state index in [9.17, 15) is 17.6 Å². The average molecular weight is 449 g/mol. The summed E-state index contributed by atoms with van der Waals surface area (Å²) in [7, 11) is -3.66. The number of amides is 1. The molecule has 2 aromatic carbocycles. The lowest BCUT2D eigenvalue weighted by Gasteiger charge is -2.25. The van der Waals surface area contributed by atoms with Gasteiger partial charge in [0.15, 0.2) is 0 Å². The average Bonchev–Trinajstić information content (AvgIpc) is 2.74. The Kier molecular flexibility index (Phi) is 7.54. The van der Waals surface area contributed by atoms with Crippen molar-refractivity contribution >= 4 is 21.6 Å². The molecule has 0 radical (unpaired) electrons. The molecule has 1 N–H and O–H groups in total. The molecule has 1 saturated carbocycles. The van der Waals surface area contributed by atoms with E-state index in [-0.39, 0.29) is 18.5 Å². The lowest BCUT2D eigenvalue weighted by Crippen LogP contribution is -2.36. The Morgan fingerprint density at radius 1 is 1.13 bits per heavy atom. The van der Waals surface area contributed by atoms with Crippen molar-refractivity contribution in [1.29, 1.82) is 0 Å². The van der Waals surface area contributed by atoms with Crippen LogP contribution in [0.15, 0.2) is 42.5 Å². The molecule has 0 aromatic heterocycles. The summed E-state index contributed by atoms with van der Waals surface area (Å²) in [6.45, 7) is 2.20. The monoisotopic (exact) mass is 448 g/mol. The number of carbonyl (C=O) groups excluding carboxylic acids is 1. The van der Waals surface area contributed by atoms with Crippen molar-refractivity contribution in [3.8, 4) is 5.75 Å².